The third-order valence-electron chi connectivity index (χ3n) is 3.60. The third kappa shape index (κ3) is 2.87. The van der Waals surface area contributed by atoms with Crippen molar-refractivity contribution in [3.05, 3.63) is 42.1 Å². The first-order valence-electron chi connectivity index (χ1n) is 7.06. The molecule has 2 aromatic rings. The summed E-state index contributed by atoms with van der Waals surface area (Å²) in [5.41, 5.74) is 1.08. The lowest BCUT2D eigenvalue weighted by molar-refractivity contribution is -0.116. The van der Waals surface area contributed by atoms with Crippen LogP contribution in [0.3, 0.4) is 0 Å². The van der Waals surface area contributed by atoms with Gasteiger partial charge in [0, 0.05) is 31.8 Å². The van der Waals surface area contributed by atoms with Crippen LogP contribution in [0, 0.1) is 0 Å². The summed E-state index contributed by atoms with van der Waals surface area (Å²) in [4.78, 5) is 20.4. The highest BCUT2D eigenvalue weighted by atomic mass is 16.1. The Labute approximate surface area is 118 Å². The summed E-state index contributed by atoms with van der Waals surface area (Å²) in [7, 11) is 0. The van der Waals surface area contributed by atoms with Crippen molar-refractivity contribution in [1.82, 2.24) is 14.5 Å². The lowest BCUT2D eigenvalue weighted by Gasteiger charge is -2.16. The molecule has 1 N–H and O–H groups in total. The zero-order chi connectivity index (χ0) is 13.8. The molecule has 0 aliphatic carbocycles. The standard InChI is InChI=1S/C15H18N4O/c20-15(7-6-12-4-3-8-16-10-12)18-14-11-17-13-5-1-2-9-19(13)14/h3-4,8,10-11H,1-2,5-7,9H2,(H,18,20). The summed E-state index contributed by atoms with van der Waals surface area (Å²) in [6.07, 6.45) is 9.82. The van der Waals surface area contributed by atoms with Crippen LogP contribution in [0.4, 0.5) is 5.82 Å². The van der Waals surface area contributed by atoms with Crippen LogP contribution in [0.5, 0.6) is 0 Å². The van der Waals surface area contributed by atoms with E-state index in [0.29, 0.717) is 12.8 Å². The molecule has 5 heteroatoms. The van der Waals surface area contributed by atoms with Crippen molar-refractivity contribution in [3.63, 3.8) is 0 Å². The monoisotopic (exact) mass is 270 g/mol. The van der Waals surface area contributed by atoms with Gasteiger partial charge in [0.15, 0.2) is 0 Å². The molecule has 1 aliphatic heterocycles. The van der Waals surface area contributed by atoms with Gasteiger partial charge in [0.2, 0.25) is 5.91 Å². The van der Waals surface area contributed by atoms with E-state index in [0.717, 1.165) is 36.6 Å². The van der Waals surface area contributed by atoms with E-state index < -0.39 is 0 Å². The largest absolute Gasteiger partial charge is 0.315 e. The molecule has 0 saturated carbocycles. The van der Waals surface area contributed by atoms with Gasteiger partial charge in [-0.1, -0.05) is 6.07 Å². The fraction of sp³-hybridized carbons (Fsp3) is 0.400. The van der Waals surface area contributed by atoms with E-state index in [1.807, 2.05) is 12.1 Å². The number of hydrogen-bond donors (Lipinski definition) is 1. The quantitative estimate of drug-likeness (QED) is 0.926. The average molecular weight is 270 g/mol. The van der Waals surface area contributed by atoms with Crippen LogP contribution in [0.25, 0.3) is 0 Å². The maximum Gasteiger partial charge on any atom is 0.225 e. The summed E-state index contributed by atoms with van der Waals surface area (Å²) >= 11 is 0. The normalized spacial score (nSPS) is 13.8. The lowest BCUT2D eigenvalue weighted by atomic mass is 10.1. The summed E-state index contributed by atoms with van der Waals surface area (Å²) in [6, 6.07) is 3.88. The number of nitrogens with one attached hydrogen (secondary N) is 1. The average Bonchev–Trinajstić information content (AvgIpc) is 2.90. The van der Waals surface area contributed by atoms with Crippen LogP contribution in [-0.2, 0) is 24.2 Å². The molecule has 0 bridgehead atoms. The predicted molar refractivity (Wildman–Crippen MR) is 76.4 cm³/mol. The minimum Gasteiger partial charge on any atom is -0.315 e. The van der Waals surface area contributed by atoms with E-state index in [-0.39, 0.29) is 5.91 Å². The molecule has 2 aromatic heterocycles. The van der Waals surface area contributed by atoms with Gasteiger partial charge in [0.05, 0.1) is 6.20 Å². The van der Waals surface area contributed by atoms with Crippen LogP contribution < -0.4 is 5.32 Å². The van der Waals surface area contributed by atoms with Crippen molar-refractivity contribution in [2.45, 2.75) is 38.6 Å². The predicted octanol–water partition coefficient (Wildman–Crippen LogP) is 2.19. The number of fused-ring (bicyclic) bond motifs is 1. The number of nitrogens with zero attached hydrogens (tertiary/aromatic N) is 3. The number of carbonyl (C=O) groups is 1. The molecule has 0 aromatic carbocycles. The highest BCUT2D eigenvalue weighted by Crippen LogP contribution is 2.19. The topological polar surface area (TPSA) is 59.8 Å². The number of amides is 1. The number of aromatic nitrogens is 3. The van der Waals surface area contributed by atoms with Crippen LogP contribution in [0.1, 0.15) is 30.7 Å². The number of anilines is 1. The van der Waals surface area contributed by atoms with Crippen LogP contribution >= 0.6 is 0 Å². The lowest BCUT2D eigenvalue weighted by Crippen LogP contribution is -2.18. The number of aryl methyl sites for hydroxylation is 2. The Balaban J connectivity index is 1.58. The number of pyridine rings is 1. The summed E-state index contributed by atoms with van der Waals surface area (Å²) < 4.78 is 2.12. The SMILES string of the molecule is O=C(CCc1cccnc1)Nc1cnc2n1CCCC2. The molecule has 0 unspecified atom stereocenters. The van der Waals surface area contributed by atoms with Crippen molar-refractivity contribution in [2.75, 3.05) is 5.32 Å². The van der Waals surface area contributed by atoms with E-state index >= 15 is 0 Å². The Morgan fingerprint density at radius 1 is 1.35 bits per heavy atom. The first kappa shape index (κ1) is 12.8. The van der Waals surface area contributed by atoms with Gasteiger partial charge in [-0.05, 0) is 30.9 Å². The zero-order valence-corrected chi connectivity index (χ0v) is 11.4. The van der Waals surface area contributed by atoms with Gasteiger partial charge in [-0.2, -0.15) is 0 Å². The second-order valence-electron chi connectivity index (χ2n) is 5.08. The molecule has 20 heavy (non-hydrogen) atoms. The maximum absolute atomic E-state index is 12.0. The first-order chi connectivity index (χ1) is 9.83. The Bertz CT molecular complexity index is 591. The van der Waals surface area contributed by atoms with E-state index in [1.54, 1.807) is 18.6 Å². The van der Waals surface area contributed by atoms with Gasteiger partial charge in [0.1, 0.15) is 11.6 Å². The Morgan fingerprint density at radius 3 is 3.15 bits per heavy atom. The van der Waals surface area contributed by atoms with Gasteiger partial charge in [0.25, 0.3) is 0 Å². The van der Waals surface area contributed by atoms with Crippen LogP contribution in [-0.4, -0.2) is 20.4 Å². The summed E-state index contributed by atoms with van der Waals surface area (Å²) in [6.45, 7) is 0.952. The molecule has 3 rings (SSSR count). The Morgan fingerprint density at radius 2 is 2.30 bits per heavy atom. The number of hydrogen-bond acceptors (Lipinski definition) is 3. The molecule has 0 spiro atoms. The van der Waals surface area contributed by atoms with Gasteiger partial charge in [-0.25, -0.2) is 4.98 Å². The van der Waals surface area contributed by atoms with E-state index in [2.05, 4.69) is 19.9 Å². The zero-order valence-electron chi connectivity index (χ0n) is 11.4. The number of carbonyl (C=O) groups excluding carboxylic acids is 1. The van der Waals surface area contributed by atoms with Crippen LogP contribution in [0.2, 0.25) is 0 Å². The summed E-state index contributed by atoms with van der Waals surface area (Å²) in [5, 5.41) is 2.96. The number of rotatable bonds is 4. The fourth-order valence-corrected chi connectivity index (χ4v) is 2.53. The van der Waals surface area contributed by atoms with Crippen molar-refractivity contribution in [1.29, 1.82) is 0 Å². The molecule has 0 saturated heterocycles. The Hall–Kier alpha value is -2.17. The first-order valence-corrected chi connectivity index (χ1v) is 7.06. The molecule has 1 amide bonds. The second-order valence-corrected chi connectivity index (χ2v) is 5.08. The van der Waals surface area contributed by atoms with Gasteiger partial charge in [-0.3, -0.25) is 9.78 Å². The second kappa shape index (κ2) is 5.86. The minimum atomic E-state index is 0.0297. The molecular weight excluding hydrogens is 252 g/mol. The number of imidazole rings is 1. The van der Waals surface area contributed by atoms with Crippen LogP contribution in [0.15, 0.2) is 30.7 Å². The molecule has 104 valence electrons. The minimum absolute atomic E-state index is 0.0297. The van der Waals surface area contributed by atoms with E-state index in [1.165, 1.54) is 6.42 Å². The van der Waals surface area contributed by atoms with Crippen molar-refractivity contribution >= 4 is 11.7 Å². The Kier molecular flexibility index (Phi) is 3.76. The molecular formula is C15H18N4O. The molecule has 3 heterocycles. The van der Waals surface area contributed by atoms with Crippen molar-refractivity contribution in [3.8, 4) is 0 Å². The highest BCUT2D eigenvalue weighted by Gasteiger charge is 2.15. The van der Waals surface area contributed by atoms with Gasteiger partial charge < -0.3 is 9.88 Å². The van der Waals surface area contributed by atoms with Gasteiger partial charge >= 0.3 is 0 Å². The highest BCUT2D eigenvalue weighted by molar-refractivity contribution is 5.89. The van der Waals surface area contributed by atoms with Gasteiger partial charge in [-0.15, -0.1) is 0 Å². The summed E-state index contributed by atoms with van der Waals surface area (Å²) in [5.74, 6) is 1.94. The van der Waals surface area contributed by atoms with Crippen molar-refractivity contribution < 1.29 is 4.79 Å². The fourth-order valence-electron chi connectivity index (χ4n) is 2.53. The molecule has 1 aliphatic rings. The molecule has 0 atom stereocenters. The molecule has 5 nitrogen and oxygen atoms in total. The maximum atomic E-state index is 12.0. The van der Waals surface area contributed by atoms with E-state index in [9.17, 15) is 4.79 Å². The smallest absolute Gasteiger partial charge is 0.225 e. The third-order valence-corrected chi connectivity index (χ3v) is 3.60. The molecule has 0 fully saturated rings. The van der Waals surface area contributed by atoms with E-state index in [4.69, 9.17) is 0 Å². The van der Waals surface area contributed by atoms with Crippen molar-refractivity contribution in [2.24, 2.45) is 0 Å². The molecule has 0 radical (unpaired) electrons.